The lowest BCUT2D eigenvalue weighted by Crippen LogP contribution is -1.99. The Bertz CT molecular complexity index is 539. The topological polar surface area (TPSA) is 27.1 Å². The largest absolute Gasteiger partial charge is 0.472 e. The van der Waals surface area contributed by atoms with Gasteiger partial charge in [-0.15, -0.1) is 5.10 Å². The monoisotopic (exact) mass is 266 g/mol. The minimum Gasteiger partial charge on any atom is -0.472 e. The van der Waals surface area contributed by atoms with Crippen molar-refractivity contribution in [3.63, 3.8) is 0 Å². The molecule has 5 heteroatoms. The highest BCUT2D eigenvalue weighted by Crippen LogP contribution is 2.22. The molecule has 0 radical (unpaired) electrons. The van der Waals surface area contributed by atoms with Crippen LogP contribution >= 0.6 is 24.4 Å². The summed E-state index contributed by atoms with van der Waals surface area (Å²) in [7, 11) is 0. The second-order valence-electron chi connectivity index (χ2n) is 3.37. The van der Waals surface area contributed by atoms with Gasteiger partial charge in [0.25, 0.3) is 0 Å². The van der Waals surface area contributed by atoms with Gasteiger partial charge >= 0.3 is 0 Å². The number of halogens is 1. The number of hydrogen-bond donors (Lipinski definition) is 1. The van der Waals surface area contributed by atoms with Crippen molar-refractivity contribution in [2.45, 2.75) is 6.61 Å². The molecule has 0 spiro atoms. The average Bonchev–Trinajstić information content (AvgIpc) is 2.73. The molecular formula is C12H11ClN2OS. The average molecular weight is 267 g/mol. The zero-order chi connectivity index (χ0) is 12.3. The normalized spacial score (nSPS) is 10.2. The molecule has 0 amide bonds. The summed E-state index contributed by atoms with van der Waals surface area (Å²) in [5.41, 5.74) is 1.86. The molecule has 0 aliphatic heterocycles. The van der Waals surface area contributed by atoms with Gasteiger partial charge in [0.15, 0.2) is 0 Å². The second-order valence-corrected chi connectivity index (χ2v) is 4.19. The highest BCUT2D eigenvalue weighted by Gasteiger charge is 2.06. The van der Waals surface area contributed by atoms with Crippen LogP contribution in [0.25, 0.3) is 6.08 Å². The van der Waals surface area contributed by atoms with Crippen LogP contribution in [-0.4, -0.2) is 9.19 Å². The molecule has 3 nitrogen and oxygen atoms in total. The predicted molar refractivity (Wildman–Crippen MR) is 72.5 cm³/mol. The SMILES string of the molecule is C=Cc1cccc(Cl)c1COc1ccn(S)n1. The van der Waals surface area contributed by atoms with E-state index < -0.39 is 0 Å². The van der Waals surface area contributed by atoms with Gasteiger partial charge in [0.2, 0.25) is 5.88 Å². The fourth-order valence-corrected chi connectivity index (χ4v) is 1.83. The summed E-state index contributed by atoms with van der Waals surface area (Å²) < 4.78 is 6.91. The van der Waals surface area contributed by atoms with Crippen LogP contribution in [0.4, 0.5) is 0 Å². The van der Waals surface area contributed by atoms with Crippen LogP contribution in [0.1, 0.15) is 11.1 Å². The molecule has 2 rings (SSSR count). The summed E-state index contributed by atoms with van der Waals surface area (Å²) in [5.74, 6) is 0.509. The molecule has 1 aromatic heterocycles. The van der Waals surface area contributed by atoms with E-state index in [0.717, 1.165) is 11.1 Å². The van der Waals surface area contributed by atoms with Crippen molar-refractivity contribution >= 4 is 30.5 Å². The van der Waals surface area contributed by atoms with E-state index in [1.54, 1.807) is 18.3 Å². The molecule has 0 N–H and O–H groups in total. The highest BCUT2D eigenvalue weighted by molar-refractivity contribution is 7.78. The molecule has 0 saturated heterocycles. The Balaban J connectivity index is 2.16. The quantitative estimate of drug-likeness (QED) is 0.858. The Hall–Kier alpha value is -1.39. The van der Waals surface area contributed by atoms with Crippen molar-refractivity contribution in [3.05, 3.63) is 53.2 Å². The molecule has 0 aliphatic carbocycles. The number of hydrogen-bond acceptors (Lipinski definition) is 3. The minimum atomic E-state index is 0.353. The van der Waals surface area contributed by atoms with Gasteiger partial charge in [-0.25, -0.2) is 4.09 Å². The van der Waals surface area contributed by atoms with Crippen molar-refractivity contribution in [2.75, 3.05) is 0 Å². The molecule has 88 valence electrons. The second kappa shape index (κ2) is 5.29. The molecule has 0 bridgehead atoms. The summed E-state index contributed by atoms with van der Waals surface area (Å²) in [6.07, 6.45) is 3.45. The van der Waals surface area contributed by atoms with Crippen molar-refractivity contribution in [1.82, 2.24) is 9.19 Å². The first-order chi connectivity index (χ1) is 8.20. The van der Waals surface area contributed by atoms with Gasteiger partial charge in [0.1, 0.15) is 6.61 Å². The lowest BCUT2D eigenvalue weighted by molar-refractivity contribution is 0.293. The lowest BCUT2D eigenvalue weighted by Gasteiger charge is -2.08. The van der Waals surface area contributed by atoms with Crippen LogP contribution in [0.5, 0.6) is 5.88 Å². The Morgan fingerprint density at radius 3 is 2.94 bits per heavy atom. The molecule has 0 saturated carbocycles. The van der Waals surface area contributed by atoms with E-state index in [2.05, 4.69) is 24.5 Å². The number of nitrogens with zero attached hydrogens (tertiary/aromatic N) is 2. The lowest BCUT2D eigenvalue weighted by atomic mass is 10.1. The first kappa shape index (κ1) is 12.1. The number of ether oxygens (including phenoxy) is 1. The van der Waals surface area contributed by atoms with Crippen LogP contribution in [0.3, 0.4) is 0 Å². The first-order valence-corrected chi connectivity index (χ1v) is 5.76. The fraction of sp³-hybridized carbons (Fsp3) is 0.0833. The van der Waals surface area contributed by atoms with Crippen molar-refractivity contribution in [1.29, 1.82) is 0 Å². The van der Waals surface area contributed by atoms with E-state index in [0.29, 0.717) is 17.5 Å². The zero-order valence-corrected chi connectivity index (χ0v) is 10.7. The fourth-order valence-electron chi connectivity index (χ4n) is 1.44. The Morgan fingerprint density at radius 1 is 1.47 bits per heavy atom. The van der Waals surface area contributed by atoms with Crippen LogP contribution in [0.2, 0.25) is 5.02 Å². The summed E-state index contributed by atoms with van der Waals surface area (Å²) in [6.45, 7) is 4.10. The van der Waals surface area contributed by atoms with E-state index in [1.165, 1.54) is 4.09 Å². The number of benzene rings is 1. The maximum absolute atomic E-state index is 6.11. The van der Waals surface area contributed by atoms with E-state index in [-0.39, 0.29) is 0 Å². The molecule has 2 aromatic rings. The Kier molecular flexibility index (Phi) is 3.76. The van der Waals surface area contributed by atoms with Gasteiger partial charge in [-0.1, -0.05) is 36.4 Å². The van der Waals surface area contributed by atoms with Crippen LogP contribution < -0.4 is 4.74 Å². The Morgan fingerprint density at radius 2 is 2.29 bits per heavy atom. The summed E-state index contributed by atoms with van der Waals surface area (Å²) >= 11 is 10.1. The maximum Gasteiger partial charge on any atom is 0.234 e. The first-order valence-electron chi connectivity index (χ1n) is 4.98. The Labute approximate surface area is 110 Å². The summed E-state index contributed by atoms with van der Waals surface area (Å²) in [5, 5.41) is 4.66. The number of aromatic nitrogens is 2. The number of rotatable bonds is 4. The molecule has 1 heterocycles. The van der Waals surface area contributed by atoms with E-state index in [1.807, 2.05) is 18.2 Å². The van der Waals surface area contributed by atoms with Crippen molar-refractivity contribution in [3.8, 4) is 5.88 Å². The van der Waals surface area contributed by atoms with Gasteiger partial charge in [-0.2, -0.15) is 0 Å². The summed E-state index contributed by atoms with van der Waals surface area (Å²) in [6, 6.07) is 7.38. The zero-order valence-electron chi connectivity index (χ0n) is 9.01. The number of thiol groups is 1. The van der Waals surface area contributed by atoms with Gasteiger partial charge in [0, 0.05) is 22.8 Å². The molecule has 0 fully saturated rings. The third-order valence-corrected chi connectivity index (χ3v) is 2.87. The van der Waals surface area contributed by atoms with Crippen LogP contribution in [0, 0.1) is 0 Å². The predicted octanol–water partition coefficient (Wildman–Crippen LogP) is 3.45. The van der Waals surface area contributed by atoms with Crippen molar-refractivity contribution in [2.24, 2.45) is 0 Å². The standard InChI is InChI=1S/C12H11ClN2OS/c1-2-9-4-3-5-11(13)10(9)8-16-12-6-7-15(17)14-12/h2-7,17H,1,8H2. The molecule has 1 aromatic carbocycles. The van der Waals surface area contributed by atoms with E-state index in [4.69, 9.17) is 16.3 Å². The van der Waals surface area contributed by atoms with Crippen LogP contribution in [0.15, 0.2) is 37.0 Å². The van der Waals surface area contributed by atoms with Gasteiger partial charge < -0.3 is 4.74 Å². The minimum absolute atomic E-state index is 0.353. The molecule has 0 atom stereocenters. The van der Waals surface area contributed by atoms with Gasteiger partial charge in [-0.05, 0) is 24.4 Å². The molecular weight excluding hydrogens is 256 g/mol. The van der Waals surface area contributed by atoms with E-state index in [9.17, 15) is 0 Å². The summed E-state index contributed by atoms with van der Waals surface area (Å²) in [4.78, 5) is 0. The van der Waals surface area contributed by atoms with E-state index >= 15 is 0 Å². The van der Waals surface area contributed by atoms with Crippen molar-refractivity contribution < 1.29 is 4.74 Å². The highest BCUT2D eigenvalue weighted by atomic mass is 35.5. The smallest absolute Gasteiger partial charge is 0.234 e. The third-order valence-electron chi connectivity index (χ3n) is 2.29. The van der Waals surface area contributed by atoms with Gasteiger partial charge in [-0.3, -0.25) is 0 Å². The molecule has 17 heavy (non-hydrogen) atoms. The maximum atomic E-state index is 6.11. The third kappa shape index (κ3) is 2.84. The van der Waals surface area contributed by atoms with Gasteiger partial charge in [0.05, 0.1) is 0 Å². The molecule has 0 unspecified atom stereocenters. The molecule has 0 aliphatic rings. The van der Waals surface area contributed by atoms with Crippen LogP contribution in [-0.2, 0) is 6.61 Å².